The summed E-state index contributed by atoms with van der Waals surface area (Å²) in [6.45, 7) is 11.2. The molecular formula is C32H34Cl2Zr-2. The molecule has 0 heterocycles. The van der Waals surface area contributed by atoms with Gasteiger partial charge in [0.05, 0.1) is 0 Å². The van der Waals surface area contributed by atoms with Crippen molar-refractivity contribution in [2.24, 2.45) is 0 Å². The first kappa shape index (κ1) is 31.4. The van der Waals surface area contributed by atoms with E-state index < -0.39 is 0 Å². The third kappa shape index (κ3) is 8.75. The van der Waals surface area contributed by atoms with E-state index in [1.807, 2.05) is 12.1 Å². The molecule has 182 valence electrons. The normalized spacial score (nSPS) is 10.7. The molecule has 0 radical (unpaired) electrons. The van der Waals surface area contributed by atoms with Gasteiger partial charge in [-0.1, -0.05) is 81.8 Å². The van der Waals surface area contributed by atoms with E-state index in [0.717, 1.165) is 12.8 Å². The monoisotopic (exact) mass is 578 g/mol. The van der Waals surface area contributed by atoms with Crippen LogP contribution in [0.4, 0.5) is 0 Å². The molecule has 0 nitrogen and oxygen atoms in total. The maximum Gasteiger partial charge on any atom is -0.0253 e. The minimum atomic E-state index is 0. The summed E-state index contributed by atoms with van der Waals surface area (Å²) in [5.74, 6) is 0. The Balaban J connectivity index is 0.000000262. The average Bonchev–Trinajstić information content (AvgIpc) is 3.40. The summed E-state index contributed by atoms with van der Waals surface area (Å²) in [6, 6.07) is 33.1. The largest absolute Gasteiger partial charge is 0.179 e. The Kier molecular flexibility index (Phi) is 13.3. The molecule has 35 heavy (non-hydrogen) atoms. The van der Waals surface area contributed by atoms with Gasteiger partial charge in [-0.25, -0.2) is 6.07 Å². The third-order valence-electron chi connectivity index (χ3n) is 5.89. The third-order valence-corrected chi connectivity index (χ3v) is 6.71. The van der Waals surface area contributed by atoms with Crippen molar-refractivity contribution in [3.63, 3.8) is 0 Å². The van der Waals surface area contributed by atoms with Gasteiger partial charge in [0.15, 0.2) is 0 Å². The van der Waals surface area contributed by atoms with Crippen molar-refractivity contribution in [2.45, 2.75) is 52.9 Å². The van der Waals surface area contributed by atoms with Crippen LogP contribution in [0.5, 0.6) is 0 Å². The van der Waals surface area contributed by atoms with Gasteiger partial charge in [-0.3, -0.25) is 0 Å². The summed E-state index contributed by atoms with van der Waals surface area (Å²) in [7, 11) is 0. The van der Waals surface area contributed by atoms with Gasteiger partial charge in [0.2, 0.25) is 0 Å². The molecule has 0 amide bonds. The maximum atomic E-state index is 3.30. The molecule has 0 aliphatic heterocycles. The summed E-state index contributed by atoms with van der Waals surface area (Å²) in [6.07, 6.45) is 2.20. The number of hydrogen-bond donors (Lipinski definition) is 0. The summed E-state index contributed by atoms with van der Waals surface area (Å²) >= 11 is 1.46. The molecule has 0 aromatic heterocycles. The molecule has 4 aromatic carbocycles. The number of benzene rings is 3. The molecule has 5 rings (SSSR count). The van der Waals surface area contributed by atoms with Crippen LogP contribution < -0.4 is 24.8 Å². The maximum absolute atomic E-state index is 3.30. The Labute approximate surface area is 239 Å². The van der Waals surface area contributed by atoms with Gasteiger partial charge in [0, 0.05) is 0 Å². The Morgan fingerprint density at radius 2 is 1.54 bits per heavy atom. The molecular weight excluding hydrogens is 546 g/mol. The van der Waals surface area contributed by atoms with E-state index in [9.17, 15) is 0 Å². The molecule has 0 spiro atoms. The summed E-state index contributed by atoms with van der Waals surface area (Å²) < 4.78 is 2.17. The number of aryl methyl sites for hydroxylation is 2. The van der Waals surface area contributed by atoms with Crippen molar-refractivity contribution < 1.29 is 49.0 Å². The molecule has 0 saturated carbocycles. The van der Waals surface area contributed by atoms with Gasteiger partial charge in [-0.15, -0.1) is 5.56 Å². The van der Waals surface area contributed by atoms with E-state index in [1.165, 1.54) is 68.7 Å². The zero-order chi connectivity index (χ0) is 23.8. The van der Waals surface area contributed by atoms with Crippen molar-refractivity contribution in [1.29, 1.82) is 0 Å². The van der Waals surface area contributed by atoms with Crippen molar-refractivity contribution >= 4 is 3.71 Å². The van der Waals surface area contributed by atoms with E-state index in [0.29, 0.717) is 5.41 Å². The summed E-state index contributed by atoms with van der Waals surface area (Å²) in [5.41, 5.74) is 11.6. The summed E-state index contributed by atoms with van der Waals surface area (Å²) in [5, 5.41) is 0. The minimum absolute atomic E-state index is 0. The number of halogens is 2. The zero-order valence-corrected chi connectivity index (χ0v) is 25.3. The molecule has 4 aromatic rings. The van der Waals surface area contributed by atoms with Gasteiger partial charge < -0.3 is 24.8 Å². The van der Waals surface area contributed by atoms with Crippen LogP contribution in [0.15, 0.2) is 84.9 Å². The second-order valence-corrected chi connectivity index (χ2v) is 10.2. The van der Waals surface area contributed by atoms with Crippen LogP contribution >= 0.6 is 0 Å². The number of rotatable bonds is 2. The molecule has 0 saturated heterocycles. The molecule has 1 aliphatic carbocycles. The van der Waals surface area contributed by atoms with Gasteiger partial charge in [-0.2, -0.15) is 52.6 Å². The molecule has 0 fully saturated rings. The SMILES string of the molecule is CCc1[cH-]c(C)cc1C(C)(C)C.[Cl-].[Cl-].[Zr+2]=[CH]c1ccccc1.[c-]1cccc2c1Cc1ccccc1-2. The molecule has 0 atom stereocenters. The van der Waals surface area contributed by atoms with Crippen molar-refractivity contribution in [3.05, 3.63) is 124 Å². The first-order valence-corrected chi connectivity index (χ1v) is 13.2. The minimum Gasteiger partial charge on any atom is -0.179 e. The Hall–Kier alpha value is -1.66. The average molecular weight is 581 g/mol. The van der Waals surface area contributed by atoms with Crippen LogP contribution in [0.3, 0.4) is 0 Å². The van der Waals surface area contributed by atoms with Gasteiger partial charge in [-0.05, 0) is 6.42 Å². The van der Waals surface area contributed by atoms with Crippen molar-refractivity contribution in [3.8, 4) is 11.1 Å². The molecule has 1 aliphatic rings. The van der Waals surface area contributed by atoms with Crippen molar-refractivity contribution in [1.82, 2.24) is 0 Å². The van der Waals surface area contributed by atoms with Crippen LogP contribution in [0.1, 0.15) is 61.1 Å². The Morgan fingerprint density at radius 1 is 0.914 bits per heavy atom. The number of fused-ring (bicyclic) bond motifs is 3. The zero-order valence-electron chi connectivity index (χ0n) is 21.3. The smallest absolute Gasteiger partial charge is 0.0253 e. The topological polar surface area (TPSA) is 0 Å². The van der Waals surface area contributed by atoms with E-state index >= 15 is 0 Å². The standard InChI is InChI=1S/C13H9.C12H19.C7H6.2ClH.Zr/c1-3-7-12-10(5-1)9-11-6-2-4-8-13(11)12;1-6-10-7-9(2)8-11(10)12(3,4)5;1-7-5-3-2-4-6-7;;;/h1-5,7-8H,9H2;7-8H,6H2,1-5H3;1-6H;2*1H;/q2*-1;;;;+2/p-2. The Morgan fingerprint density at radius 3 is 2.11 bits per heavy atom. The quantitative estimate of drug-likeness (QED) is 0.281. The fourth-order valence-corrected chi connectivity index (χ4v) is 4.73. The van der Waals surface area contributed by atoms with E-state index in [4.69, 9.17) is 0 Å². The second-order valence-electron chi connectivity index (χ2n) is 9.53. The predicted octanol–water partition coefficient (Wildman–Crippen LogP) is 2.02. The van der Waals surface area contributed by atoms with Gasteiger partial charge in [0.1, 0.15) is 0 Å². The molecule has 0 unspecified atom stereocenters. The molecule has 0 N–H and O–H groups in total. The van der Waals surface area contributed by atoms with E-state index in [1.54, 1.807) is 0 Å². The van der Waals surface area contributed by atoms with E-state index in [-0.39, 0.29) is 24.8 Å². The fraction of sp³-hybridized carbons (Fsp3) is 0.250. The van der Waals surface area contributed by atoms with Crippen molar-refractivity contribution in [2.75, 3.05) is 0 Å². The second kappa shape index (κ2) is 14.8. The summed E-state index contributed by atoms with van der Waals surface area (Å²) in [4.78, 5) is 0. The van der Waals surface area contributed by atoms with Crippen LogP contribution in [0, 0.1) is 13.0 Å². The van der Waals surface area contributed by atoms with Crippen LogP contribution in [-0.2, 0) is 42.5 Å². The van der Waals surface area contributed by atoms with E-state index in [2.05, 4.69) is 117 Å². The van der Waals surface area contributed by atoms with Gasteiger partial charge >= 0.3 is 63.8 Å². The first-order valence-electron chi connectivity index (χ1n) is 11.7. The predicted molar refractivity (Wildman–Crippen MR) is 140 cm³/mol. The first-order chi connectivity index (χ1) is 15.8. The Bertz CT molecular complexity index is 1140. The van der Waals surface area contributed by atoms with Gasteiger partial charge in [0.25, 0.3) is 0 Å². The fourth-order valence-electron chi connectivity index (χ4n) is 4.25. The van der Waals surface area contributed by atoms with Crippen LogP contribution in [0.25, 0.3) is 11.1 Å². The van der Waals surface area contributed by atoms with Crippen LogP contribution in [-0.4, -0.2) is 3.71 Å². The molecule has 0 bridgehead atoms. The number of hydrogen-bond acceptors (Lipinski definition) is 0. The molecule has 3 heteroatoms. The van der Waals surface area contributed by atoms with Crippen LogP contribution in [0.2, 0.25) is 0 Å².